The molecule has 3 N–H and O–H groups in total. The number of aryl methyl sites for hydroxylation is 2. The summed E-state index contributed by atoms with van der Waals surface area (Å²) < 4.78 is 1.52. The summed E-state index contributed by atoms with van der Waals surface area (Å²) in [6, 6.07) is -0.680. The third-order valence-corrected chi connectivity index (χ3v) is 2.98. The molecule has 0 aliphatic rings. The monoisotopic (exact) mass is 283 g/mol. The van der Waals surface area contributed by atoms with Gasteiger partial charge in [0.1, 0.15) is 11.7 Å². The molecule has 1 unspecified atom stereocenters. The van der Waals surface area contributed by atoms with Crippen LogP contribution in [0.15, 0.2) is 0 Å². The van der Waals surface area contributed by atoms with Crippen molar-refractivity contribution in [2.45, 2.75) is 46.7 Å². The van der Waals surface area contributed by atoms with Crippen LogP contribution in [-0.4, -0.2) is 26.7 Å². The van der Waals surface area contributed by atoms with Crippen LogP contribution >= 0.6 is 0 Å². The minimum Gasteiger partial charge on any atom is -0.368 e. The number of hydrogen-bond donors (Lipinski definition) is 2. The van der Waals surface area contributed by atoms with Gasteiger partial charge in [-0.05, 0) is 19.3 Å². The molecule has 0 fully saturated rings. The summed E-state index contributed by atoms with van der Waals surface area (Å²) >= 11 is 0. The van der Waals surface area contributed by atoms with Gasteiger partial charge in [-0.3, -0.25) is 14.9 Å². The molecule has 0 saturated carbocycles. The number of nitrogens with zero attached hydrogens (tertiary/aromatic N) is 3. The van der Waals surface area contributed by atoms with Crippen molar-refractivity contribution in [3.63, 3.8) is 0 Å². The molecule has 1 heterocycles. The van der Waals surface area contributed by atoms with Crippen LogP contribution in [0.1, 0.15) is 32.9 Å². The van der Waals surface area contributed by atoms with Crippen LogP contribution < -0.4 is 11.1 Å². The van der Waals surface area contributed by atoms with Crippen molar-refractivity contribution in [3.05, 3.63) is 15.8 Å². The number of rotatable bonds is 7. The van der Waals surface area contributed by atoms with Crippen LogP contribution in [0.3, 0.4) is 0 Å². The molecular weight excluding hydrogens is 262 g/mol. The van der Waals surface area contributed by atoms with Crippen molar-refractivity contribution in [2.75, 3.05) is 5.32 Å². The van der Waals surface area contributed by atoms with E-state index in [2.05, 4.69) is 10.4 Å². The number of amides is 1. The summed E-state index contributed by atoms with van der Waals surface area (Å²) in [6.45, 7) is 7.69. The van der Waals surface area contributed by atoms with Gasteiger partial charge >= 0.3 is 5.69 Å². The quantitative estimate of drug-likeness (QED) is 0.580. The summed E-state index contributed by atoms with van der Waals surface area (Å²) in [4.78, 5) is 22.1. The summed E-state index contributed by atoms with van der Waals surface area (Å²) in [5, 5.41) is 18.2. The minimum atomic E-state index is -0.680. The lowest BCUT2D eigenvalue weighted by Crippen LogP contribution is -2.40. The fraction of sp³-hybridized carbons (Fsp3) is 0.667. The molecule has 8 nitrogen and oxygen atoms in total. The van der Waals surface area contributed by atoms with E-state index in [9.17, 15) is 14.9 Å². The lowest BCUT2D eigenvalue weighted by Gasteiger charge is -2.20. The van der Waals surface area contributed by atoms with E-state index in [1.165, 1.54) is 4.68 Å². The standard InChI is InChI=1S/C12H21N5O3/c1-5-6-16-12(10(17(19)20)8(4)15-16)14-9(7(2)3)11(13)18/h7,9,14H,5-6H2,1-4H3,(H2,13,18). The number of carbonyl (C=O) groups is 1. The van der Waals surface area contributed by atoms with Crippen molar-refractivity contribution in [3.8, 4) is 0 Å². The first-order valence-electron chi connectivity index (χ1n) is 6.57. The van der Waals surface area contributed by atoms with Crippen molar-refractivity contribution >= 4 is 17.4 Å². The Hall–Kier alpha value is -2.12. The van der Waals surface area contributed by atoms with Crippen molar-refractivity contribution < 1.29 is 9.72 Å². The normalized spacial score (nSPS) is 12.4. The van der Waals surface area contributed by atoms with Crippen LogP contribution in [0.2, 0.25) is 0 Å². The molecule has 0 spiro atoms. The Morgan fingerprint density at radius 3 is 2.55 bits per heavy atom. The molecule has 0 aliphatic heterocycles. The largest absolute Gasteiger partial charge is 0.368 e. The molecular formula is C12H21N5O3. The average molecular weight is 283 g/mol. The van der Waals surface area contributed by atoms with Crippen LogP contribution in [0, 0.1) is 23.0 Å². The van der Waals surface area contributed by atoms with Crippen LogP contribution in [0.25, 0.3) is 0 Å². The summed E-state index contributed by atoms with van der Waals surface area (Å²) in [5.74, 6) is -0.388. The first-order chi connectivity index (χ1) is 9.29. The Kier molecular flexibility index (Phi) is 5.06. The van der Waals surface area contributed by atoms with Gasteiger partial charge in [-0.15, -0.1) is 0 Å². The molecule has 20 heavy (non-hydrogen) atoms. The number of carbonyl (C=O) groups excluding carboxylic acids is 1. The van der Waals surface area contributed by atoms with E-state index in [1.54, 1.807) is 6.92 Å². The van der Waals surface area contributed by atoms with Gasteiger partial charge in [-0.2, -0.15) is 5.10 Å². The number of aromatic nitrogens is 2. The second kappa shape index (κ2) is 6.36. The van der Waals surface area contributed by atoms with Crippen molar-refractivity contribution in [2.24, 2.45) is 11.7 Å². The number of nitro groups is 1. The number of nitrogens with one attached hydrogen (secondary N) is 1. The van der Waals surface area contributed by atoms with Gasteiger partial charge in [0.2, 0.25) is 11.7 Å². The first kappa shape index (κ1) is 15.9. The predicted molar refractivity (Wildman–Crippen MR) is 75.4 cm³/mol. The second-order valence-electron chi connectivity index (χ2n) is 5.03. The van der Waals surface area contributed by atoms with E-state index in [1.807, 2.05) is 20.8 Å². The number of primary amides is 1. The second-order valence-corrected chi connectivity index (χ2v) is 5.03. The lowest BCUT2D eigenvalue weighted by atomic mass is 10.0. The van der Waals surface area contributed by atoms with Gasteiger partial charge in [0, 0.05) is 6.54 Å². The molecule has 8 heteroatoms. The van der Waals surface area contributed by atoms with E-state index >= 15 is 0 Å². The van der Waals surface area contributed by atoms with E-state index in [4.69, 9.17) is 5.73 Å². The zero-order valence-corrected chi connectivity index (χ0v) is 12.2. The molecule has 0 bridgehead atoms. The molecule has 1 rings (SSSR count). The van der Waals surface area contributed by atoms with E-state index in [-0.39, 0.29) is 17.4 Å². The zero-order chi connectivity index (χ0) is 15.4. The van der Waals surface area contributed by atoms with Gasteiger partial charge in [-0.1, -0.05) is 20.8 Å². The average Bonchev–Trinajstić information content (AvgIpc) is 2.61. The van der Waals surface area contributed by atoms with Crippen molar-refractivity contribution in [1.29, 1.82) is 0 Å². The van der Waals surface area contributed by atoms with Gasteiger partial charge < -0.3 is 11.1 Å². The van der Waals surface area contributed by atoms with Crippen LogP contribution in [0.5, 0.6) is 0 Å². The van der Waals surface area contributed by atoms with Gasteiger partial charge in [0.25, 0.3) is 0 Å². The smallest absolute Gasteiger partial charge is 0.333 e. The molecule has 0 radical (unpaired) electrons. The molecule has 1 amide bonds. The number of hydrogen-bond acceptors (Lipinski definition) is 5. The lowest BCUT2D eigenvalue weighted by molar-refractivity contribution is -0.384. The molecule has 1 aromatic rings. The zero-order valence-electron chi connectivity index (χ0n) is 12.2. The van der Waals surface area contributed by atoms with Gasteiger partial charge in [0.05, 0.1) is 4.92 Å². The maximum Gasteiger partial charge on any atom is 0.333 e. The highest BCUT2D eigenvalue weighted by Gasteiger charge is 2.29. The third kappa shape index (κ3) is 3.25. The van der Waals surface area contributed by atoms with E-state index in [0.29, 0.717) is 12.2 Å². The predicted octanol–water partition coefficient (Wildman–Crippen LogP) is 1.43. The summed E-state index contributed by atoms with van der Waals surface area (Å²) in [7, 11) is 0. The van der Waals surface area contributed by atoms with Gasteiger partial charge in [-0.25, -0.2) is 4.68 Å². The topological polar surface area (TPSA) is 116 Å². The highest BCUT2D eigenvalue weighted by atomic mass is 16.6. The fourth-order valence-corrected chi connectivity index (χ4v) is 2.02. The molecule has 1 aromatic heterocycles. The Morgan fingerprint density at radius 2 is 2.15 bits per heavy atom. The fourth-order valence-electron chi connectivity index (χ4n) is 2.02. The Bertz CT molecular complexity index is 509. The van der Waals surface area contributed by atoms with Crippen LogP contribution in [0.4, 0.5) is 11.5 Å². The Morgan fingerprint density at radius 1 is 1.55 bits per heavy atom. The molecule has 0 aromatic carbocycles. The highest BCUT2D eigenvalue weighted by Crippen LogP contribution is 2.29. The maximum atomic E-state index is 11.5. The van der Waals surface area contributed by atoms with Crippen LogP contribution in [-0.2, 0) is 11.3 Å². The minimum absolute atomic E-state index is 0.0858. The molecule has 112 valence electrons. The van der Waals surface area contributed by atoms with Gasteiger partial charge in [0.15, 0.2) is 0 Å². The molecule has 0 aliphatic carbocycles. The van der Waals surface area contributed by atoms with E-state index in [0.717, 1.165) is 6.42 Å². The summed E-state index contributed by atoms with van der Waals surface area (Å²) in [6.07, 6.45) is 0.774. The molecule has 1 atom stereocenters. The SMILES string of the molecule is CCCn1nc(C)c([N+](=O)[O-])c1NC(C(N)=O)C(C)C. The van der Waals surface area contributed by atoms with Crippen molar-refractivity contribution in [1.82, 2.24) is 9.78 Å². The first-order valence-corrected chi connectivity index (χ1v) is 6.57. The molecule has 0 saturated heterocycles. The summed E-state index contributed by atoms with van der Waals surface area (Å²) in [5.41, 5.74) is 5.55. The Labute approximate surface area is 117 Å². The number of anilines is 1. The Balaban J connectivity index is 3.25. The highest BCUT2D eigenvalue weighted by molar-refractivity contribution is 5.83. The maximum absolute atomic E-state index is 11.5. The third-order valence-electron chi connectivity index (χ3n) is 2.98. The number of nitrogens with two attached hydrogens (primary N) is 1. The van der Waals surface area contributed by atoms with E-state index < -0.39 is 16.9 Å².